The molecule has 0 radical (unpaired) electrons. The van der Waals surface area contributed by atoms with Crippen LogP contribution in [0.4, 0.5) is 0 Å². The lowest BCUT2D eigenvalue weighted by Gasteiger charge is -2.31. The van der Waals surface area contributed by atoms with Gasteiger partial charge in [0, 0.05) is 0 Å². The van der Waals surface area contributed by atoms with Crippen LogP contribution in [0.1, 0.15) is 26.2 Å². The number of ether oxygens (including phenoxy) is 1. The fourth-order valence-corrected chi connectivity index (χ4v) is 2.05. The Morgan fingerprint density at radius 2 is 2.33 bits per heavy atom. The Balaban J connectivity index is 2.81. The normalized spacial score (nSPS) is 30.6. The maximum Gasteiger partial charge on any atom is 0.326 e. The van der Waals surface area contributed by atoms with E-state index in [1.54, 1.807) is 0 Å². The Kier molecular flexibility index (Phi) is 2.73. The zero-order valence-electron chi connectivity index (χ0n) is 8.09. The van der Waals surface area contributed by atoms with Gasteiger partial charge in [-0.25, -0.2) is 0 Å². The first-order valence-corrected chi connectivity index (χ1v) is 4.47. The van der Waals surface area contributed by atoms with E-state index in [4.69, 9.17) is 4.74 Å². The van der Waals surface area contributed by atoms with Gasteiger partial charge < -0.3 is 4.74 Å². The second kappa shape index (κ2) is 3.44. The van der Waals surface area contributed by atoms with Crippen LogP contribution in [0.25, 0.3) is 0 Å². The van der Waals surface area contributed by atoms with Crippen LogP contribution in [0.2, 0.25) is 0 Å². The quantitative estimate of drug-likeness (QED) is 0.581. The van der Waals surface area contributed by atoms with Crippen LogP contribution >= 0.6 is 0 Å². The number of nitrogens with zero attached hydrogens (tertiary/aromatic N) is 1. The molecular formula is C9H17NO2. The highest BCUT2D eigenvalue weighted by molar-refractivity contribution is 5.81. The van der Waals surface area contributed by atoms with E-state index in [1.165, 1.54) is 7.11 Å². The van der Waals surface area contributed by atoms with Crippen LogP contribution in [0.3, 0.4) is 0 Å². The standard InChI is InChI=1S/C9H17NO2/c1-4-9(8(11)12-3)6-5-7-10(9)2/h4-7H2,1-3H3. The predicted molar refractivity (Wildman–Crippen MR) is 46.9 cm³/mol. The Morgan fingerprint density at radius 1 is 1.67 bits per heavy atom. The lowest BCUT2D eigenvalue weighted by molar-refractivity contribution is -0.153. The van der Waals surface area contributed by atoms with Crippen molar-refractivity contribution in [3.05, 3.63) is 0 Å². The van der Waals surface area contributed by atoms with Crippen molar-refractivity contribution in [1.82, 2.24) is 4.90 Å². The Bertz CT molecular complexity index is 181. The molecule has 3 heteroatoms. The Hall–Kier alpha value is -0.570. The first-order valence-electron chi connectivity index (χ1n) is 4.47. The number of likely N-dealkylation sites (tertiary alicyclic amines) is 1. The van der Waals surface area contributed by atoms with Gasteiger partial charge >= 0.3 is 5.97 Å². The molecule has 70 valence electrons. The van der Waals surface area contributed by atoms with E-state index in [2.05, 4.69) is 4.90 Å². The number of methoxy groups -OCH3 is 1. The van der Waals surface area contributed by atoms with Gasteiger partial charge in [-0.15, -0.1) is 0 Å². The van der Waals surface area contributed by atoms with Gasteiger partial charge in [0.05, 0.1) is 7.11 Å². The van der Waals surface area contributed by atoms with Crippen molar-refractivity contribution in [2.75, 3.05) is 20.7 Å². The summed E-state index contributed by atoms with van der Waals surface area (Å²) in [4.78, 5) is 13.6. The summed E-state index contributed by atoms with van der Waals surface area (Å²) in [6, 6.07) is 0. The van der Waals surface area contributed by atoms with Gasteiger partial charge in [0.1, 0.15) is 5.54 Å². The number of hydrogen-bond donors (Lipinski definition) is 0. The van der Waals surface area contributed by atoms with Gasteiger partial charge in [-0.3, -0.25) is 9.69 Å². The number of hydrogen-bond acceptors (Lipinski definition) is 3. The van der Waals surface area contributed by atoms with Gasteiger partial charge in [-0.05, 0) is 32.9 Å². The predicted octanol–water partition coefficient (Wildman–Crippen LogP) is 1.03. The van der Waals surface area contributed by atoms with Gasteiger partial charge in [-0.1, -0.05) is 6.92 Å². The molecule has 0 saturated carbocycles. The van der Waals surface area contributed by atoms with Crippen LogP contribution < -0.4 is 0 Å². The molecule has 0 amide bonds. The van der Waals surface area contributed by atoms with Crippen molar-refractivity contribution in [3.8, 4) is 0 Å². The van der Waals surface area contributed by atoms with Crippen molar-refractivity contribution in [3.63, 3.8) is 0 Å². The molecule has 1 atom stereocenters. The van der Waals surface area contributed by atoms with Crippen LogP contribution in [0.5, 0.6) is 0 Å². The summed E-state index contributed by atoms with van der Waals surface area (Å²) in [5.41, 5.74) is -0.325. The summed E-state index contributed by atoms with van der Waals surface area (Å²) in [7, 11) is 3.46. The van der Waals surface area contributed by atoms with Crippen molar-refractivity contribution in [2.24, 2.45) is 0 Å². The third-order valence-electron chi connectivity index (χ3n) is 2.96. The van der Waals surface area contributed by atoms with Crippen molar-refractivity contribution < 1.29 is 9.53 Å². The monoisotopic (exact) mass is 171 g/mol. The van der Waals surface area contributed by atoms with Crippen LogP contribution in [-0.2, 0) is 9.53 Å². The molecule has 1 unspecified atom stereocenters. The molecule has 1 saturated heterocycles. The molecule has 12 heavy (non-hydrogen) atoms. The number of likely N-dealkylation sites (N-methyl/N-ethyl adjacent to an activating group) is 1. The second-order valence-electron chi connectivity index (χ2n) is 3.40. The molecular weight excluding hydrogens is 154 g/mol. The summed E-state index contributed by atoms with van der Waals surface area (Å²) in [6.45, 7) is 3.04. The van der Waals surface area contributed by atoms with Crippen molar-refractivity contribution in [2.45, 2.75) is 31.7 Å². The highest BCUT2D eigenvalue weighted by atomic mass is 16.5. The summed E-state index contributed by atoms with van der Waals surface area (Å²) < 4.78 is 4.82. The number of esters is 1. The molecule has 1 rings (SSSR count). The van der Waals surface area contributed by atoms with Crippen LogP contribution in [0.15, 0.2) is 0 Å². The molecule has 1 aliphatic rings. The number of carbonyl (C=O) groups is 1. The highest BCUT2D eigenvalue weighted by Crippen LogP contribution is 2.31. The third kappa shape index (κ3) is 1.22. The molecule has 0 spiro atoms. The molecule has 0 aromatic heterocycles. The lowest BCUT2D eigenvalue weighted by Crippen LogP contribution is -2.48. The molecule has 1 fully saturated rings. The first-order chi connectivity index (χ1) is 5.67. The van der Waals surface area contributed by atoms with E-state index in [9.17, 15) is 4.79 Å². The average molecular weight is 171 g/mol. The first kappa shape index (κ1) is 9.52. The zero-order chi connectivity index (χ0) is 9.19. The minimum Gasteiger partial charge on any atom is -0.468 e. The molecule has 0 N–H and O–H groups in total. The number of carbonyl (C=O) groups excluding carboxylic acids is 1. The maximum absolute atomic E-state index is 11.5. The van der Waals surface area contributed by atoms with Crippen molar-refractivity contribution >= 4 is 5.97 Å². The summed E-state index contributed by atoms with van der Waals surface area (Å²) in [5.74, 6) is -0.0787. The fraction of sp³-hybridized carbons (Fsp3) is 0.889. The van der Waals surface area contributed by atoms with E-state index < -0.39 is 0 Å². The topological polar surface area (TPSA) is 29.5 Å². The summed E-state index contributed by atoms with van der Waals surface area (Å²) in [6.07, 6.45) is 2.88. The molecule has 0 aromatic rings. The minimum atomic E-state index is -0.325. The molecule has 0 aromatic carbocycles. The molecule has 0 bridgehead atoms. The summed E-state index contributed by atoms with van der Waals surface area (Å²) >= 11 is 0. The smallest absolute Gasteiger partial charge is 0.326 e. The Morgan fingerprint density at radius 3 is 2.67 bits per heavy atom. The van der Waals surface area contributed by atoms with Gasteiger partial charge in [0.2, 0.25) is 0 Å². The van der Waals surface area contributed by atoms with Crippen molar-refractivity contribution in [1.29, 1.82) is 0 Å². The van der Waals surface area contributed by atoms with E-state index in [1.807, 2.05) is 14.0 Å². The maximum atomic E-state index is 11.5. The molecule has 0 aliphatic carbocycles. The molecule has 1 aliphatic heterocycles. The van der Waals surface area contributed by atoms with Crippen LogP contribution in [0, 0.1) is 0 Å². The van der Waals surface area contributed by atoms with Gasteiger partial charge in [-0.2, -0.15) is 0 Å². The second-order valence-corrected chi connectivity index (χ2v) is 3.40. The average Bonchev–Trinajstić information content (AvgIpc) is 2.46. The van der Waals surface area contributed by atoms with Gasteiger partial charge in [0.15, 0.2) is 0 Å². The SMILES string of the molecule is CCC1(C(=O)OC)CCCN1C. The largest absolute Gasteiger partial charge is 0.468 e. The Labute approximate surface area is 73.7 Å². The lowest BCUT2D eigenvalue weighted by atomic mass is 9.93. The fourth-order valence-electron chi connectivity index (χ4n) is 2.05. The number of rotatable bonds is 2. The van der Waals surface area contributed by atoms with E-state index in [0.29, 0.717) is 0 Å². The highest BCUT2D eigenvalue weighted by Gasteiger charge is 2.44. The van der Waals surface area contributed by atoms with Crippen LogP contribution in [-0.4, -0.2) is 37.1 Å². The molecule has 3 nitrogen and oxygen atoms in total. The third-order valence-corrected chi connectivity index (χ3v) is 2.96. The van der Waals surface area contributed by atoms with E-state index >= 15 is 0 Å². The summed E-state index contributed by atoms with van der Waals surface area (Å²) in [5, 5.41) is 0. The van der Waals surface area contributed by atoms with E-state index in [-0.39, 0.29) is 11.5 Å². The zero-order valence-corrected chi connectivity index (χ0v) is 8.09. The van der Waals surface area contributed by atoms with E-state index in [0.717, 1.165) is 25.8 Å². The van der Waals surface area contributed by atoms with Gasteiger partial charge in [0.25, 0.3) is 0 Å². The molecule has 1 heterocycles. The minimum absolute atomic E-state index is 0.0787.